The molecule has 1 aromatic heterocycles. The zero-order chi connectivity index (χ0) is 14.5. The molecule has 0 saturated heterocycles. The SMILES string of the molecule is CCCOc1ccc(-c2cc(C(C)=O)c(=O)[nH]n2)cc1. The fraction of sp³-hybridized carbons (Fsp3) is 0.267. The molecule has 0 unspecified atom stereocenters. The average molecular weight is 272 g/mol. The number of carbonyl (C=O) groups excluding carboxylic acids is 1. The first-order valence-corrected chi connectivity index (χ1v) is 6.45. The molecule has 0 aliphatic carbocycles. The number of rotatable bonds is 5. The molecule has 0 spiro atoms. The predicted octanol–water partition coefficient (Wildman–Crippen LogP) is 2.43. The topological polar surface area (TPSA) is 72.1 Å². The van der Waals surface area contributed by atoms with E-state index >= 15 is 0 Å². The van der Waals surface area contributed by atoms with Gasteiger partial charge in [-0.25, -0.2) is 5.10 Å². The van der Waals surface area contributed by atoms with Crippen LogP contribution in [0.25, 0.3) is 11.3 Å². The standard InChI is InChI=1S/C15H16N2O3/c1-3-8-20-12-6-4-11(5-7-12)14-9-13(10(2)18)15(19)17-16-14/h4-7,9H,3,8H2,1-2H3,(H,17,19). The molecule has 0 bridgehead atoms. The number of nitrogens with one attached hydrogen (secondary N) is 1. The molecule has 1 N–H and O–H groups in total. The van der Waals surface area contributed by atoms with Crippen LogP contribution in [0.15, 0.2) is 35.1 Å². The Labute approximate surface area is 116 Å². The van der Waals surface area contributed by atoms with Crippen LogP contribution in [0, 0.1) is 0 Å². The quantitative estimate of drug-likeness (QED) is 0.848. The number of ketones is 1. The molecular formula is C15H16N2O3. The van der Waals surface area contributed by atoms with E-state index in [0.717, 1.165) is 17.7 Å². The summed E-state index contributed by atoms with van der Waals surface area (Å²) in [7, 11) is 0. The van der Waals surface area contributed by atoms with E-state index in [4.69, 9.17) is 4.74 Å². The third-order valence-corrected chi connectivity index (χ3v) is 2.81. The maximum Gasteiger partial charge on any atom is 0.275 e. The number of H-pyrrole nitrogens is 1. The van der Waals surface area contributed by atoms with Gasteiger partial charge in [0.1, 0.15) is 5.75 Å². The van der Waals surface area contributed by atoms with Crippen LogP contribution in [0.3, 0.4) is 0 Å². The van der Waals surface area contributed by atoms with E-state index in [9.17, 15) is 9.59 Å². The Bertz CT molecular complexity index is 660. The number of ether oxygens (including phenoxy) is 1. The number of aromatic nitrogens is 2. The van der Waals surface area contributed by atoms with Crippen LogP contribution in [0.2, 0.25) is 0 Å². The van der Waals surface area contributed by atoms with E-state index in [1.165, 1.54) is 13.0 Å². The van der Waals surface area contributed by atoms with Crippen molar-refractivity contribution in [2.75, 3.05) is 6.61 Å². The number of aromatic amines is 1. The van der Waals surface area contributed by atoms with Gasteiger partial charge in [-0.05, 0) is 43.7 Å². The molecule has 5 heteroatoms. The molecule has 0 amide bonds. The first-order chi connectivity index (χ1) is 9.61. The van der Waals surface area contributed by atoms with Gasteiger partial charge in [0.15, 0.2) is 5.78 Å². The van der Waals surface area contributed by atoms with Crippen molar-refractivity contribution in [3.63, 3.8) is 0 Å². The van der Waals surface area contributed by atoms with Crippen molar-refractivity contribution in [1.82, 2.24) is 10.2 Å². The molecule has 1 aromatic carbocycles. The smallest absolute Gasteiger partial charge is 0.275 e. The summed E-state index contributed by atoms with van der Waals surface area (Å²) in [4.78, 5) is 22.8. The van der Waals surface area contributed by atoms with E-state index < -0.39 is 5.56 Å². The highest BCUT2D eigenvalue weighted by atomic mass is 16.5. The Morgan fingerprint density at radius 1 is 1.30 bits per heavy atom. The highest BCUT2D eigenvalue weighted by Gasteiger charge is 2.09. The van der Waals surface area contributed by atoms with E-state index in [0.29, 0.717) is 12.3 Å². The maximum atomic E-state index is 11.5. The summed E-state index contributed by atoms with van der Waals surface area (Å²) in [6.07, 6.45) is 0.950. The van der Waals surface area contributed by atoms with E-state index in [1.807, 2.05) is 31.2 Å². The lowest BCUT2D eigenvalue weighted by atomic mass is 10.1. The van der Waals surface area contributed by atoms with Gasteiger partial charge in [0.05, 0.1) is 17.9 Å². The monoisotopic (exact) mass is 272 g/mol. The fourth-order valence-corrected chi connectivity index (χ4v) is 1.76. The van der Waals surface area contributed by atoms with E-state index in [2.05, 4.69) is 10.2 Å². The molecule has 2 rings (SSSR count). The summed E-state index contributed by atoms with van der Waals surface area (Å²) in [6, 6.07) is 8.87. The lowest BCUT2D eigenvalue weighted by Crippen LogP contribution is -2.17. The Balaban J connectivity index is 2.30. The van der Waals surface area contributed by atoms with Crippen molar-refractivity contribution in [2.45, 2.75) is 20.3 Å². The normalized spacial score (nSPS) is 10.3. The minimum Gasteiger partial charge on any atom is -0.494 e. The van der Waals surface area contributed by atoms with Gasteiger partial charge in [-0.1, -0.05) is 6.92 Å². The van der Waals surface area contributed by atoms with Crippen LogP contribution in [0.5, 0.6) is 5.75 Å². The van der Waals surface area contributed by atoms with Gasteiger partial charge in [-0.2, -0.15) is 5.10 Å². The van der Waals surface area contributed by atoms with E-state index in [1.54, 1.807) is 0 Å². The second-order valence-electron chi connectivity index (χ2n) is 4.43. The molecule has 104 valence electrons. The van der Waals surface area contributed by atoms with Crippen LogP contribution in [0.1, 0.15) is 30.6 Å². The molecule has 0 saturated carbocycles. The highest BCUT2D eigenvalue weighted by molar-refractivity contribution is 5.94. The van der Waals surface area contributed by atoms with Gasteiger partial charge >= 0.3 is 0 Å². The van der Waals surface area contributed by atoms with Crippen molar-refractivity contribution in [3.05, 3.63) is 46.2 Å². The Hall–Kier alpha value is -2.43. The summed E-state index contributed by atoms with van der Waals surface area (Å²) in [5.41, 5.74) is 1.01. The summed E-state index contributed by atoms with van der Waals surface area (Å²) in [5.74, 6) is 0.504. The van der Waals surface area contributed by atoms with Crippen molar-refractivity contribution >= 4 is 5.78 Å². The number of benzene rings is 1. The van der Waals surface area contributed by atoms with Crippen LogP contribution in [-0.4, -0.2) is 22.6 Å². The molecule has 0 aliphatic rings. The van der Waals surface area contributed by atoms with Crippen molar-refractivity contribution in [1.29, 1.82) is 0 Å². The van der Waals surface area contributed by atoms with Crippen LogP contribution in [0.4, 0.5) is 0 Å². The second kappa shape index (κ2) is 6.14. The van der Waals surface area contributed by atoms with Gasteiger partial charge < -0.3 is 4.74 Å². The van der Waals surface area contributed by atoms with Gasteiger partial charge in [-0.3, -0.25) is 9.59 Å². The van der Waals surface area contributed by atoms with Crippen LogP contribution >= 0.6 is 0 Å². The first-order valence-electron chi connectivity index (χ1n) is 6.45. The molecule has 20 heavy (non-hydrogen) atoms. The van der Waals surface area contributed by atoms with Crippen LogP contribution < -0.4 is 10.3 Å². The average Bonchev–Trinajstić information content (AvgIpc) is 2.46. The highest BCUT2D eigenvalue weighted by Crippen LogP contribution is 2.20. The van der Waals surface area contributed by atoms with Gasteiger partial charge in [-0.15, -0.1) is 0 Å². The lowest BCUT2D eigenvalue weighted by molar-refractivity contribution is 0.101. The molecule has 0 radical (unpaired) electrons. The molecule has 0 fully saturated rings. The van der Waals surface area contributed by atoms with Gasteiger partial charge in [0, 0.05) is 5.56 Å². The number of Topliss-reactive ketones (excluding diaryl/α,β-unsaturated/α-hetero) is 1. The van der Waals surface area contributed by atoms with Gasteiger partial charge in [0.2, 0.25) is 0 Å². The molecule has 1 heterocycles. The third-order valence-electron chi connectivity index (χ3n) is 2.81. The number of hydrogen-bond acceptors (Lipinski definition) is 4. The number of hydrogen-bond donors (Lipinski definition) is 1. The Kier molecular flexibility index (Phi) is 4.30. The molecule has 0 aliphatic heterocycles. The molecule has 5 nitrogen and oxygen atoms in total. The lowest BCUT2D eigenvalue weighted by Gasteiger charge is -2.06. The second-order valence-corrected chi connectivity index (χ2v) is 4.43. The third kappa shape index (κ3) is 3.12. The first kappa shape index (κ1) is 14.0. The van der Waals surface area contributed by atoms with Crippen LogP contribution in [-0.2, 0) is 0 Å². The minimum atomic E-state index is -0.468. The maximum absolute atomic E-state index is 11.5. The van der Waals surface area contributed by atoms with Crippen molar-refractivity contribution < 1.29 is 9.53 Å². The summed E-state index contributed by atoms with van der Waals surface area (Å²) >= 11 is 0. The fourth-order valence-electron chi connectivity index (χ4n) is 1.76. The molecular weight excluding hydrogens is 256 g/mol. The molecule has 0 atom stereocenters. The summed E-state index contributed by atoms with van der Waals surface area (Å²) in [6.45, 7) is 4.07. The van der Waals surface area contributed by atoms with Crippen molar-refractivity contribution in [3.8, 4) is 17.0 Å². The largest absolute Gasteiger partial charge is 0.494 e. The predicted molar refractivity (Wildman–Crippen MR) is 76.1 cm³/mol. The van der Waals surface area contributed by atoms with Crippen molar-refractivity contribution in [2.24, 2.45) is 0 Å². The summed E-state index contributed by atoms with van der Waals surface area (Å²) in [5, 5.41) is 6.29. The minimum absolute atomic E-state index is 0.112. The van der Waals surface area contributed by atoms with Gasteiger partial charge in [0.25, 0.3) is 5.56 Å². The number of nitrogens with zero attached hydrogens (tertiary/aromatic N) is 1. The zero-order valence-corrected chi connectivity index (χ0v) is 11.5. The van der Waals surface area contributed by atoms with E-state index in [-0.39, 0.29) is 11.3 Å². The molecule has 2 aromatic rings. The summed E-state index contributed by atoms with van der Waals surface area (Å²) < 4.78 is 5.49. The Morgan fingerprint density at radius 2 is 2.00 bits per heavy atom. The number of carbonyl (C=O) groups is 1. The zero-order valence-electron chi connectivity index (χ0n) is 11.5. The Morgan fingerprint density at radius 3 is 2.60 bits per heavy atom.